The Morgan fingerprint density at radius 1 is 1.33 bits per heavy atom. The summed E-state index contributed by atoms with van der Waals surface area (Å²) < 4.78 is 0. The molecule has 3 heteroatoms. The first kappa shape index (κ1) is 11.5. The second-order valence-corrected chi connectivity index (χ2v) is 3.41. The van der Waals surface area contributed by atoms with E-state index in [0.29, 0.717) is 5.56 Å². The Morgan fingerprint density at radius 2 is 1.93 bits per heavy atom. The number of hydrogen-bond donors (Lipinski definition) is 1. The molecule has 0 saturated carbocycles. The van der Waals surface area contributed by atoms with Gasteiger partial charge in [-0.05, 0) is 17.7 Å². The molecule has 0 unspecified atom stereocenters. The highest BCUT2D eigenvalue weighted by atomic mass is 16.2. The van der Waals surface area contributed by atoms with Gasteiger partial charge >= 0.3 is 0 Å². The molecule has 0 aliphatic carbocycles. The van der Waals surface area contributed by atoms with Crippen LogP contribution in [0.25, 0.3) is 6.08 Å². The molecule has 0 fully saturated rings. The molecule has 80 valence electrons. The van der Waals surface area contributed by atoms with E-state index in [1.165, 1.54) is 0 Å². The topological polar surface area (TPSA) is 40.5 Å². The Morgan fingerprint density at radius 3 is 2.40 bits per heavy atom. The number of carbonyl (C=O) groups is 1. The molecule has 1 aromatic rings. The minimum absolute atomic E-state index is 0.00677. The number of aliphatic hydroxyl groups excluding tert-OH is 1. The van der Waals surface area contributed by atoms with Crippen LogP contribution < -0.4 is 0 Å². The average molecular weight is 205 g/mol. The summed E-state index contributed by atoms with van der Waals surface area (Å²) in [5.74, 6) is -0.00677. The minimum Gasteiger partial charge on any atom is -0.392 e. The maximum absolute atomic E-state index is 11.5. The maximum Gasteiger partial charge on any atom is 0.253 e. The summed E-state index contributed by atoms with van der Waals surface area (Å²) in [5.41, 5.74) is 1.64. The number of carbonyl (C=O) groups excluding carboxylic acids is 1. The zero-order valence-electron chi connectivity index (χ0n) is 8.97. The van der Waals surface area contributed by atoms with Crippen molar-refractivity contribution >= 4 is 12.0 Å². The van der Waals surface area contributed by atoms with Gasteiger partial charge in [0.15, 0.2) is 0 Å². The van der Waals surface area contributed by atoms with Crippen LogP contribution in [-0.4, -0.2) is 36.6 Å². The molecule has 1 N–H and O–H groups in total. The van der Waals surface area contributed by atoms with E-state index in [2.05, 4.69) is 0 Å². The van der Waals surface area contributed by atoms with Gasteiger partial charge in [0, 0.05) is 19.7 Å². The first-order valence-electron chi connectivity index (χ1n) is 4.74. The molecule has 1 rings (SSSR count). The van der Waals surface area contributed by atoms with E-state index in [1.807, 2.05) is 18.2 Å². The van der Waals surface area contributed by atoms with E-state index < -0.39 is 0 Å². The van der Waals surface area contributed by atoms with Crippen LogP contribution in [0.3, 0.4) is 0 Å². The Bertz CT molecular complexity index is 352. The van der Waals surface area contributed by atoms with Gasteiger partial charge < -0.3 is 10.0 Å². The van der Waals surface area contributed by atoms with Crippen molar-refractivity contribution in [3.8, 4) is 0 Å². The molecule has 0 aromatic heterocycles. The summed E-state index contributed by atoms with van der Waals surface area (Å²) in [7, 11) is 3.45. The highest BCUT2D eigenvalue weighted by Gasteiger charge is 2.05. The van der Waals surface area contributed by atoms with E-state index in [0.717, 1.165) is 5.56 Å². The Kier molecular flexibility index (Phi) is 4.06. The highest BCUT2D eigenvalue weighted by Crippen LogP contribution is 2.07. The summed E-state index contributed by atoms with van der Waals surface area (Å²) in [6.45, 7) is 0.0262. The van der Waals surface area contributed by atoms with Crippen LogP contribution in [0.5, 0.6) is 0 Å². The van der Waals surface area contributed by atoms with Crippen molar-refractivity contribution in [2.45, 2.75) is 0 Å². The van der Waals surface area contributed by atoms with E-state index in [9.17, 15) is 4.79 Å². The van der Waals surface area contributed by atoms with Crippen LogP contribution in [0.15, 0.2) is 30.3 Å². The zero-order valence-corrected chi connectivity index (χ0v) is 8.97. The highest BCUT2D eigenvalue weighted by molar-refractivity contribution is 5.94. The van der Waals surface area contributed by atoms with Crippen molar-refractivity contribution < 1.29 is 9.90 Å². The predicted octanol–water partition coefficient (Wildman–Crippen LogP) is 1.39. The second kappa shape index (κ2) is 5.32. The quantitative estimate of drug-likeness (QED) is 0.810. The number of benzene rings is 1. The predicted molar refractivity (Wildman–Crippen MR) is 60.6 cm³/mol. The van der Waals surface area contributed by atoms with Crippen LogP contribution >= 0.6 is 0 Å². The van der Waals surface area contributed by atoms with Gasteiger partial charge in [-0.25, -0.2) is 0 Å². The standard InChI is InChI=1S/C12H15NO2/c1-13(2)12(15)11-7-5-10(6-8-11)4-3-9-14/h3-8,14H,9H2,1-2H3/b4-3+. The number of aliphatic hydroxyl groups is 1. The first-order chi connectivity index (χ1) is 7.15. The number of rotatable bonds is 3. The summed E-state index contributed by atoms with van der Waals surface area (Å²) in [5, 5.41) is 8.60. The molecular formula is C12H15NO2. The van der Waals surface area contributed by atoms with Crippen LogP contribution in [0.4, 0.5) is 0 Å². The fourth-order valence-electron chi connectivity index (χ4n) is 1.18. The summed E-state index contributed by atoms with van der Waals surface area (Å²) in [6.07, 6.45) is 3.46. The van der Waals surface area contributed by atoms with Gasteiger partial charge in [-0.2, -0.15) is 0 Å². The van der Waals surface area contributed by atoms with Gasteiger partial charge in [0.2, 0.25) is 0 Å². The van der Waals surface area contributed by atoms with Gasteiger partial charge in [-0.1, -0.05) is 24.3 Å². The smallest absolute Gasteiger partial charge is 0.253 e. The van der Waals surface area contributed by atoms with Crippen LogP contribution in [0.2, 0.25) is 0 Å². The Balaban J connectivity index is 2.81. The third kappa shape index (κ3) is 3.22. The van der Waals surface area contributed by atoms with Crippen LogP contribution in [0.1, 0.15) is 15.9 Å². The molecule has 0 bridgehead atoms. The van der Waals surface area contributed by atoms with E-state index in [-0.39, 0.29) is 12.5 Å². The van der Waals surface area contributed by atoms with Gasteiger partial charge in [0.05, 0.1) is 6.61 Å². The SMILES string of the molecule is CN(C)C(=O)c1ccc(/C=C/CO)cc1. The molecule has 3 nitrogen and oxygen atoms in total. The van der Waals surface area contributed by atoms with Crippen molar-refractivity contribution in [2.75, 3.05) is 20.7 Å². The lowest BCUT2D eigenvalue weighted by atomic mass is 10.1. The first-order valence-corrected chi connectivity index (χ1v) is 4.74. The molecule has 0 spiro atoms. The van der Waals surface area contributed by atoms with Crippen molar-refractivity contribution in [3.05, 3.63) is 41.5 Å². The molecule has 0 aliphatic rings. The third-order valence-corrected chi connectivity index (χ3v) is 1.98. The molecule has 1 aromatic carbocycles. The Hall–Kier alpha value is -1.61. The molecule has 0 aliphatic heterocycles. The Labute approximate surface area is 89.6 Å². The van der Waals surface area contributed by atoms with Gasteiger partial charge in [-0.15, -0.1) is 0 Å². The summed E-state index contributed by atoms with van der Waals surface area (Å²) in [6, 6.07) is 7.25. The summed E-state index contributed by atoms with van der Waals surface area (Å²) in [4.78, 5) is 13.1. The lowest BCUT2D eigenvalue weighted by Crippen LogP contribution is -2.21. The van der Waals surface area contributed by atoms with Crippen molar-refractivity contribution in [1.82, 2.24) is 4.90 Å². The normalized spacial score (nSPS) is 10.6. The van der Waals surface area contributed by atoms with E-state index in [4.69, 9.17) is 5.11 Å². The molecular weight excluding hydrogens is 190 g/mol. The number of nitrogens with zero attached hydrogens (tertiary/aromatic N) is 1. The van der Waals surface area contributed by atoms with E-state index in [1.54, 1.807) is 37.2 Å². The fraction of sp³-hybridized carbons (Fsp3) is 0.250. The maximum atomic E-state index is 11.5. The van der Waals surface area contributed by atoms with Crippen molar-refractivity contribution in [2.24, 2.45) is 0 Å². The lowest BCUT2D eigenvalue weighted by Gasteiger charge is -2.09. The molecule has 15 heavy (non-hydrogen) atoms. The number of hydrogen-bond acceptors (Lipinski definition) is 2. The van der Waals surface area contributed by atoms with E-state index >= 15 is 0 Å². The lowest BCUT2D eigenvalue weighted by molar-refractivity contribution is 0.0827. The van der Waals surface area contributed by atoms with Crippen LogP contribution in [-0.2, 0) is 0 Å². The van der Waals surface area contributed by atoms with Crippen molar-refractivity contribution in [3.63, 3.8) is 0 Å². The van der Waals surface area contributed by atoms with Crippen molar-refractivity contribution in [1.29, 1.82) is 0 Å². The summed E-state index contributed by atoms with van der Waals surface area (Å²) >= 11 is 0. The van der Waals surface area contributed by atoms with Crippen LogP contribution in [0, 0.1) is 0 Å². The molecule has 0 saturated heterocycles. The van der Waals surface area contributed by atoms with Gasteiger partial charge in [0.1, 0.15) is 0 Å². The largest absolute Gasteiger partial charge is 0.392 e. The minimum atomic E-state index is -0.00677. The third-order valence-electron chi connectivity index (χ3n) is 1.98. The molecule has 1 amide bonds. The van der Waals surface area contributed by atoms with Gasteiger partial charge in [0.25, 0.3) is 5.91 Å². The molecule has 0 atom stereocenters. The monoisotopic (exact) mass is 205 g/mol. The second-order valence-electron chi connectivity index (χ2n) is 3.41. The number of amides is 1. The zero-order chi connectivity index (χ0) is 11.3. The fourth-order valence-corrected chi connectivity index (χ4v) is 1.18. The molecule has 0 radical (unpaired) electrons. The van der Waals surface area contributed by atoms with Gasteiger partial charge in [-0.3, -0.25) is 4.79 Å². The average Bonchev–Trinajstić information content (AvgIpc) is 2.26. The molecule has 0 heterocycles.